The molecule has 1 atom stereocenters. The van der Waals surface area contributed by atoms with E-state index in [1.54, 1.807) is 11.8 Å². The molecule has 0 aliphatic carbocycles. The minimum Gasteiger partial charge on any atom is -0.309 e. The van der Waals surface area contributed by atoms with Gasteiger partial charge in [-0.15, -0.1) is 18.2 Å². The molecular formula is C13H16INS. The molecule has 0 aromatic heterocycles. The van der Waals surface area contributed by atoms with Gasteiger partial charge in [0, 0.05) is 21.9 Å². The molecule has 0 aliphatic rings. The Kier molecular flexibility index (Phi) is 6.93. The van der Waals surface area contributed by atoms with Crippen molar-refractivity contribution in [1.29, 1.82) is 0 Å². The van der Waals surface area contributed by atoms with Crippen molar-refractivity contribution in [2.24, 2.45) is 0 Å². The number of nitrogens with one attached hydrogen (secondary N) is 1. The number of terminal acetylenes is 1. The Hall–Kier alpha value is -0.180. The molecule has 86 valence electrons. The van der Waals surface area contributed by atoms with Crippen LogP contribution < -0.4 is 5.32 Å². The summed E-state index contributed by atoms with van der Waals surface area (Å²) < 4.78 is 1.28. The lowest BCUT2D eigenvalue weighted by Crippen LogP contribution is -2.21. The summed E-state index contributed by atoms with van der Waals surface area (Å²) >= 11 is 4.11. The summed E-state index contributed by atoms with van der Waals surface area (Å²) in [6, 6.07) is 9.04. The van der Waals surface area contributed by atoms with Gasteiger partial charge in [0.15, 0.2) is 0 Å². The Balaban J connectivity index is 2.27. The first-order valence-electron chi connectivity index (χ1n) is 5.24. The van der Waals surface area contributed by atoms with Crippen LogP contribution in [0.2, 0.25) is 0 Å². The monoisotopic (exact) mass is 345 g/mol. The molecule has 0 spiro atoms. The van der Waals surface area contributed by atoms with Crippen LogP contribution in [-0.4, -0.2) is 18.1 Å². The fourth-order valence-electron chi connectivity index (χ4n) is 1.35. The van der Waals surface area contributed by atoms with Crippen molar-refractivity contribution in [3.05, 3.63) is 33.4 Å². The van der Waals surface area contributed by atoms with Crippen LogP contribution in [-0.2, 0) is 0 Å². The van der Waals surface area contributed by atoms with Gasteiger partial charge in [0.1, 0.15) is 0 Å². The normalized spacial score (nSPS) is 12.1. The van der Waals surface area contributed by atoms with Crippen LogP contribution in [0.4, 0.5) is 0 Å². The van der Waals surface area contributed by atoms with Crippen molar-refractivity contribution in [2.45, 2.75) is 13.0 Å². The highest BCUT2D eigenvalue weighted by Crippen LogP contribution is 2.14. The van der Waals surface area contributed by atoms with Gasteiger partial charge in [-0.2, -0.15) is 0 Å². The summed E-state index contributed by atoms with van der Waals surface area (Å²) in [6.07, 6.45) is 5.18. The van der Waals surface area contributed by atoms with Crippen LogP contribution in [0.5, 0.6) is 0 Å². The fraction of sp³-hybridized carbons (Fsp3) is 0.385. The summed E-state index contributed by atoms with van der Waals surface area (Å²) in [5, 5.41) is 3.49. The molecule has 0 saturated heterocycles. The summed E-state index contributed by atoms with van der Waals surface area (Å²) in [6.45, 7) is 3.19. The zero-order valence-electron chi connectivity index (χ0n) is 9.37. The summed E-state index contributed by atoms with van der Waals surface area (Å²) in [5.41, 5.74) is 1.34. The summed E-state index contributed by atoms with van der Waals surface area (Å²) in [5.74, 6) is 4.50. The maximum atomic E-state index is 5.18. The van der Waals surface area contributed by atoms with Crippen molar-refractivity contribution in [3.8, 4) is 12.3 Å². The minimum absolute atomic E-state index is 0.406. The molecular weight excluding hydrogens is 329 g/mol. The second-order valence-corrected chi connectivity index (χ2v) is 5.83. The SMILES string of the molecule is C#CCSCCNC(C)c1ccc(I)cc1. The van der Waals surface area contributed by atoms with Crippen LogP contribution in [0.1, 0.15) is 18.5 Å². The van der Waals surface area contributed by atoms with E-state index in [1.807, 2.05) is 0 Å². The first kappa shape index (κ1) is 13.9. The third kappa shape index (κ3) is 5.24. The lowest BCUT2D eigenvalue weighted by atomic mass is 10.1. The van der Waals surface area contributed by atoms with Crippen LogP contribution in [0.15, 0.2) is 24.3 Å². The molecule has 0 fully saturated rings. The van der Waals surface area contributed by atoms with Crippen molar-refractivity contribution in [2.75, 3.05) is 18.1 Å². The minimum atomic E-state index is 0.406. The highest BCUT2D eigenvalue weighted by atomic mass is 127. The third-order valence-electron chi connectivity index (χ3n) is 2.25. The number of rotatable bonds is 6. The molecule has 1 unspecified atom stereocenters. The second-order valence-electron chi connectivity index (χ2n) is 3.48. The van der Waals surface area contributed by atoms with Gasteiger partial charge in [0.05, 0.1) is 5.75 Å². The molecule has 1 aromatic rings. The molecule has 1 aromatic carbocycles. The van der Waals surface area contributed by atoms with Gasteiger partial charge in [0.2, 0.25) is 0 Å². The molecule has 16 heavy (non-hydrogen) atoms. The molecule has 0 radical (unpaired) electrons. The molecule has 1 rings (SSSR count). The number of halogens is 1. The molecule has 3 heteroatoms. The molecule has 0 bridgehead atoms. The van der Waals surface area contributed by atoms with E-state index in [4.69, 9.17) is 6.42 Å². The van der Waals surface area contributed by atoms with Gasteiger partial charge in [-0.25, -0.2) is 0 Å². The Labute approximate surface area is 116 Å². The Morgan fingerprint density at radius 3 is 2.75 bits per heavy atom. The largest absolute Gasteiger partial charge is 0.309 e. The Morgan fingerprint density at radius 2 is 2.12 bits per heavy atom. The first-order chi connectivity index (χ1) is 7.74. The average molecular weight is 345 g/mol. The number of hydrogen-bond acceptors (Lipinski definition) is 2. The molecule has 0 amide bonds. The highest BCUT2D eigenvalue weighted by Gasteiger charge is 2.03. The van der Waals surface area contributed by atoms with Gasteiger partial charge in [-0.05, 0) is 47.2 Å². The van der Waals surface area contributed by atoms with E-state index in [0.717, 1.165) is 18.1 Å². The summed E-state index contributed by atoms with van der Waals surface area (Å²) in [4.78, 5) is 0. The van der Waals surface area contributed by atoms with Crippen LogP contribution in [0.25, 0.3) is 0 Å². The van der Waals surface area contributed by atoms with E-state index in [9.17, 15) is 0 Å². The van der Waals surface area contributed by atoms with Crippen molar-refractivity contribution in [1.82, 2.24) is 5.32 Å². The Bertz CT molecular complexity index is 342. The van der Waals surface area contributed by atoms with E-state index < -0.39 is 0 Å². The topological polar surface area (TPSA) is 12.0 Å². The van der Waals surface area contributed by atoms with Crippen molar-refractivity contribution >= 4 is 34.4 Å². The average Bonchev–Trinajstić information content (AvgIpc) is 2.29. The molecule has 0 aliphatic heterocycles. The first-order valence-corrected chi connectivity index (χ1v) is 7.47. The molecule has 0 heterocycles. The predicted octanol–water partition coefficient (Wildman–Crippen LogP) is 3.31. The van der Waals surface area contributed by atoms with Crippen LogP contribution in [0.3, 0.4) is 0 Å². The Morgan fingerprint density at radius 1 is 1.44 bits per heavy atom. The third-order valence-corrected chi connectivity index (χ3v) is 3.84. The van der Waals surface area contributed by atoms with Crippen LogP contribution >= 0.6 is 34.4 Å². The van der Waals surface area contributed by atoms with E-state index in [0.29, 0.717) is 6.04 Å². The quantitative estimate of drug-likeness (QED) is 0.482. The second kappa shape index (κ2) is 7.99. The summed E-state index contributed by atoms with van der Waals surface area (Å²) in [7, 11) is 0. The van der Waals surface area contributed by atoms with Crippen LogP contribution in [0, 0.1) is 15.9 Å². The maximum absolute atomic E-state index is 5.18. The lowest BCUT2D eigenvalue weighted by molar-refractivity contribution is 0.601. The van der Waals surface area contributed by atoms with E-state index in [2.05, 4.69) is 65.0 Å². The zero-order valence-corrected chi connectivity index (χ0v) is 12.3. The number of thioether (sulfide) groups is 1. The molecule has 1 N–H and O–H groups in total. The van der Waals surface area contributed by atoms with Crippen molar-refractivity contribution in [3.63, 3.8) is 0 Å². The smallest absolute Gasteiger partial charge is 0.0545 e. The highest BCUT2D eigenvalue weighted by molar-refractivity contribution is 14.1. The van der Waals surface area contributed by atoms with Gasteiger partial charge in [-0.3, -0.25) is 0 Å². The van der Waals surface area contributed by atoms with Crippen molar-refractivity contribution < 1.29 is 0 Å². The van der Waals surface area contributed by atoms with E-state index >= 15 is 0 Å². The molecule has 1 nitrogen and oxygen atoms in total. The standard InChI is InChI=1S/C13H16INS/c1-3-9-16-10-8-15-11(2)12-4-6-13(14)7-5-12/h1,4-7,11,15H,8-10H2,2H3. The number of hydrogen-bond donors (Lipinski definition) is 1. The van der Waals surface area contributed by atoms with E-state index in [1.165, 1.54) is 9.13 Å². The maximum Gasteiger partial charge on any atom is 0.0545 e. The van der Waals surface area contributed by atoms with Gasteiger partial charge < -0.3 is 5.32 Å². The lowest BCUT2D eigenvalue weighted by Gasteiger charge is -2.13. The van der Waals surface area contributed by atoms with E-state index in [-0.39, 0.29) is 0 Å². The molecule has 0 saturated carbocycles. The number of benzene rings is 1. The predicted molar refractivity (Wildman–Crippen MR) is 81.7 cm³/mol. The van der Waals surface area contributed by atoms with Gasteiger partial charge >= 0.3 is 0 Å². The van der Waals surface area contributed by atoms with Gasteiger partial charge in [-0.1, -0.05) is 18.1 Å². The van der Waals surface area contributed by atoms with Gasteiger partial charge in [0.25, 0.3) is 0 Å². The fourth-order valence-corrected chi connectivity index (χ4v) is 2.23. The zero-order chi connectivity index (χ0) is 11.8.